The molecule has 0 bridgehead atoms. The number of nitrogens with one attached hydrogen (secondary N) is 2. The lowest BCUT2D eigenvalue weighted by atomic mass is 10.1. The van der Waals surface area contributed by atoms with E-state index in [1.807, 2.05) is 24.3 Å². The topological polar surface area (TPSA) is 83.4 Å². The normalized spacial score (nSPS) is 11.2. The number of methoxy groups -OCH3 is 1. The number of likely N-dealkylation sites (N-methyl/N-ethyl adjacent to an activating group) is 1. The number of hydrogen-bond donors (Lipinski definition) is 3. The second-order valence-electron chi connectivity index (χ2n) is 7.32. The molecule has 6 nitrogen and oxygen atoms in total. The van der Waals surface area contributed by atoms with Crippen LogP contribution in [0.2, 0.25) is 0 Å². The van der Waals surface area contributed by atoms with E-state index >= 15 is 0 Å². The number of rotatable bonds is 10. The average Bonchev–Trinajstić information content (AvgIpc) is 3.17. The quantitative estimate of drug-likeness (QED) is 0.494. The summed E-state index contributed by atoms with van der Waals surface area (Å²) in [7, 11) is 3.72. The first-order chi connectivity index (χ1) is 14.1. The van der Waals surface area contributed by atoms with Gasteiger partial charge in [0.15, 0.2) is 0 Å². The molecule has 2 aromatic carbocycles. The van der Waals surface area contributed by atoms with E-state index in [9.17, 15) is 4.79 Å². The molecule has 0 aliphatic heterocycles. The summed E-state index contributed by atoms with van der Waals surface area (Å²) >= 11 is 0. The number of amides is 1. The van der Waals surface area contributed by atoms with Crippen LogP contribution in [-0.4, -0.2) is 49.6 Å². The van der Waals surface area contributed by atoms with Crippen molar-refractivity contribution >= 4 is 16.8 Å². The van der Waals surface area contributed by atoms with E-state index in [2.05, 4.69) is 46.5 Å². The number of H-pyrrole nitrogens is 1. The fourth-order valence-corrected chi connectivity index (χ4v) is 3.32. The van der Waals surface area contributed by atoms with E-state index in [-0.39, 0.29) is 5.91 Å². The molecular weight excluding hydrogens is 364 g/mol. The summed E-state index contributed by atoms with van der Waals surface area (Å²) in [6, 6.07) is 16.1. The second kappa shape index (κ2) is 10.1. The van der Waals surface area contributed by atoms with E-state index in [1.165, 1.54) is 5.56 Å². The summed E-state index contributed by atoms with van der Waals surface area (Å²) in [6.07, 6.45) is 2.12. The van der Waals surface area contributed by atoms with Crippen molar-refractivity contribution in [2.75, 3.05) is 33.8 Å². The first-order valence-corrected chi connectivity index (χ1v) is 10.0. The molecule has 1 heterocycles. The van der Waals surface area contributed by atoms with Crippen molar-refractivity contribution in [2.24, 2.45) is 5.73 Å². The summed E-state index contributed by atoms with van der Waals surface area (Å²) < 4.78 is 5.23. The fraction of sp³-hybridized carbons (Fsp3) is 0.348. The number of aryl methyl sites for hydroxylation is 1. The molecule has 0 spiro atoms. The minimum absolute atomic E-state index is 0.0893. The number of carbonyl (C=O) groups is 1. The highest BCUT2D eigenvalue weighted by molar-refractivity contribution is 5.98. The van der Waals surface area contributed by atoms with Gasteiger partial charge in [-0.3, -0.25) is 4.79 Å². The molecule has 4 N–H and O–H groups in total. The third-order valence-corrected chi connectivity index (χ3v) is 5.12. The number of ether oxygens (including phenoxy) is 1. The highest BCUT2D eigenvalue weighted by Gasteiger charge is 2.10. The maximum Gasteiger partial charge on any atom is 0.267 e. The van der Waals surface area contributed by atoms with Gasteiger partial charge in [-0.05, 0) is 61.8 Å². The molecule has 154 valence electrons. The Labute approximate surface area is 172 Å². The largest absolute Gasteiger partial charge is 0.497 e. The molecule has 0 unspecified atom stereocenters. The Morgan fingerprint density at radius 3 is 2.59 bits per heavy atom. The third kappa shape index (κ3) is 5.82. The third-order valence-electron chi connectivity index (χ3n) is 5.12. The van der Waals surface area contributed by atoms with Crippen molar-refractivity contribution in [2.45, 2.75) is 19.4 Å². The number of carbonyl (C=O) groups excluding carboxylic acids is 1. The summed E-state index contributed by atoms with van der Waals surface area (Å²) in [6.45, 7) is 2.99. The average molecular weight is 395 g/mol. The molecule has 1 aromatic heterocycles. The Hall–Kier alpha value is -2.83. The van der Waals surface area contributed by atoms with Gasteiger partial charge < -0.3 is 25.7 Å². The van der Waals surface area contributed by atoms with E-state index in [0.717, 1.165) is 48.1 Å². The molecule has 0 aliphatic carbocycles. The number of benzene rings is 2. The van der Waals surface area contributed by atoms with Gasteiger partial charge >= 0.3 is 0 Å². The van der Waals surface area contributed by atoms with Crippen LogP contribution in [0.15, 0.2) is 48.5 Å². The zero-order valence-corrected chi connectivity index (χ0v) is 17.2. The maximum absolute atomic E-state index is 12.4. The molecule has 0 aliphatic rings. The van der Waals surface area contributed by atoms with E-state index in [1.54, 1.807) is 7.11 Å². The Morgan fingerprint density at radius 2 is 1.86 bits per heavy atom. The molecule has 0 saturated carbocycles. The predicted molar refractivity (Wildman–Crippen MR) is 117 cm³/mol. The summed E-state index contributed by atoms with van der Waals surface area (Å²) in [5.41, 5.74) is 9.62. The molecule has 1 amide bonds. The van der Waals surface area contributed by atoms with Crippen LogP contribution in [0.25, 0.3) is 10.9 Å². The van der Waals surface area contributed by atoms with Gasteiger partial charge in [-0.1, -0.05) is 24.3 Å². The van der Waals surface area contributed by atoms with E-state index in [0.29, 0.717) is 18.8 Å². The van der Waals surface area contributed by atoms with E-state index < -0.39 is 0 Å². The smallest absolute Gasteiger partial charge is 0.267 e. The van der Waals surface area contributed by atoms with Crippen LogP contribution in [0.5, 0.6) is 5.75 Å². The summed E-state index contributed by atoms with van der Waals surface area (Å²) in [4.78, 5) is 17.8. The zero-order valence-electron chi connectivity index (χ0n) is 17.2. The van der Waals surface area contributed by atoms with Crippen LogP contribution in [0.3, 0.4) is 0 Å². The first kappa shape index (κ1) is 20.9. The van der Waals surface area contributed by atoms with Crippen LogP contribution in [-0.2, 0) is 13.0 Å². The number of aromatic nitrogens is 1. The van der Waals surface area contributed by atoms with E-state index in [4.69, 9.17) is 10.5 Å². The SMILES string of the molecule is COc1ccc2[nH]c(C(=O)NCCN(C)CCCc3ccc(CN)cc3)cc2c1. The molecule has 0 saturated heterocycles. The van der Waals surface area contributed by atoms with Gasteiger partial charge in [-0.25, -0.2) is 0 Å². The number of hydrogen-bond acceptors (Lipinski definition) is 4. The van der Waals surface area contributed by atoms with Gasteiger partial charge in [0.1, 0.15) is 11.4 Å². The van der Waals surface area contributed by atoms with Gasteiger partial charge in [-0.15, -0.1) is 0 Å². The minimum Gasteiger partial charge on any atom is -0.497 e. The maximum atomic E-state index is 12.4. The van der Waals surface area contributed by atoms with Gasteiger partial charge in [0.2, 0.25) is 0 Å². The first-order valence-electron chi connectivity index (χ1n) is 10.0. The Morgan fingerprint density at radius 1 is 1.10 bits per heavy atom. The summed E-state index contributed by atoms with van der Waals surface area (Å²) in [5.74, 6) is 0.689. The molecule has 29 heavy (non-hydrogen) atoms. The number of nitrogens with zero attached hydrogens (tertiary/aromatic N) is 1. The van der Waals surface area contributed by atoms with Crippen molar-refractivity contribution in [3.05, 3.63) is 65.4 Å². The fourth-order valence-electron chi connectivity index (χ4n) is 3.32. The molecule has 0 radical (unpaired) electrons. The van der Waals surface area contributed by atoms with Crippen LogP contribution < -0.4 is 15.8 Å². The van der Waals surface area contributed by atoms with Crippen LogP contribution >= 0.6 is 0 Å². The molecule has 6 heteroatoms. The zero-order chi connectivity index (χ0) is 20.6. The molecule has 0 atom stereocenters. The van der Waals surface area contributed by atoms with Crippen LogP contribution in [0.4, 0.5) is 0 Å². The summed E-state index contributed by atoms with van der Waals surface area (Å²) in [5, 5.41) is 3.95. The highest BCUT2D eigenvalue weighted by atomic mass is 16.5. The van der Waals surface area contributed by atoms with Crippen molar-refractivity contribution in [3.63, 3.8) is 0 Å². The monoisotopic (exact) mass is 394 g/mol. The van der Waals surface area contributed by atoms with Gasteiger partial charge in [0.25, 0.3) is 5.91 Å². The lowest BCUT2D eigenvalue weighted by Crippen LogP contribution is -2.33. The number of nitrogens with two attached hydrogens (primary N) is 1. The molecule has 3 rings (SSSR count). The van der Waals surface area contributed by atoms with Gasteiger partial charge in [-0.2, -0.15) is 0 Å². The lowest BCUT2D eigenvalue weighted by Gasteiger charge is -2.16. The number of aromatic amines is 1. The standard InChI is InChI=1S/C23H30N4O2/c1-27(12-3-4-17-5-7-18(16-24)8-6-17)13-11-25-23(28)22-15-19-14-20(29-2)9-10-21(19)26-22/h5-10,14-15,26H,3-4,11-13,16,24H2,1-2H3,(H,25,28). The molecule has 0 fully saturated rings. The highest BCUT2D eigenvalue weighted by Crippen LogP contribution is 2.21. The molecular formula is C23H30N4O2. The van der Waals surface area contributed by atoms with Crippen LogP contribution in [0.1, 0.15) is 28.0 Å². The lowest BCUT2D eigenvalue weighted by molar-refractivity contribution is 0.0945. The minimum atomic E-state index is -0.0893. The molecule has 3 aromatic rings. The van der Waals surface area contributed by atoms with Crippen molar-refractivity contribution in [3.8, 4) is 5.75 Å². The second-order valence-corrected chi connectivity index (χ2v) is 7.32. The van der Waals surface area contributed by atoms with Gasteiger partial charge in [0, 0.05) is 30.5 Å². The van der Waals surface area contributed by atoms with Gasteiger partial charge in [0.05, 0.1) is 7.11 Å². The van der Waals surface area contributed by atoms with Crippen molar-refractivity contribution < 1.29 is 9.53 Å². The van der Waals surface area contributed by atoms with Crippen LogP contribution in [0, 0.1) is 0 Å². The predicted octanol–water partition coefficient (Wildman–Crippen LogP) is 2.93. The van der Waals surface area contributed by atoms with Crippen molar-refractivity contribution in [1.82, 2.24) is 15.2 Å². The van der Waals surface area contributed by atoms with Crippen molar-refractivity contribution in [1.29, 1.82) is 0 Å². The number of fused-ring (bicyclic) bond motifs is 1. The Kier molecular flexibility index (Phi) is 7.27. The Balaban J connectivity index is 1.39. The Bertz CT molecular complexity index is 934.